The molecule has 0 aliphatic rings. The number of benzene rings is 1. The number of nitrogens with one attached hydrogen (secondary N) is 1. The molecule has 0 unspecified atom stereocenters. The van der Waals surface area contributed by atoms with Crippen molar-refractivity contribution in [2.75, 3.05) is 0 Å². The summed E-state index contributed by atoms with van der Waals surface area (Å²) < 4.78 is 1.08. The van der Waals surface area contributed by atoms with Crippen LogP contribution in [0.25, 0.3) is 10.2 Å². The van der Waals surface area contributed by atoms with Crippen LogP contribution in [0.4, 0.5) is 0 Å². The SMILES string of the molecule is O=C(NCc1nc2ccccc2s1)c1nc(Cl)ccc1Cl. The molecule has 1 aromatic carbocycles. The summed E-state index contributed by atoms with van der Waals surface area (Å²) in [5.74, 6) is -0.373. The number of hydrogen-bond acceptors (Lipinski definition) is 4. The number of rotatable bonds is 3. The Morgan fingerprint density at radius 1 is 1.14 bits per heavy atom. The van der Waals surface area contributed by atoms with E-state index in [4.69, 9.17) is 23.2 Å². The van der Waals surface area contributed by atoms with Crippen LogP contribution in [-0.2, 0) is 6.54 Å². The van der Waals surface area contributed by atoms with Gasteiger partial charge in [-0.1, -0.05) is 35.3 Å². The number of pyridine rings is 1. The average molecular weight is 338 g/mol. The first-order valence-corrected chi connectivity index (χ1v) is 7.65. The third-order valence-corrected chi connectivity index (χ3v) is 4.32. The molecule has 1 amide bonds. The van der Waals surface area contributed by atoms with Crippen molar-refractivity contribution in [1.29, 1.82) is 0 Å². The minimum absolute atomic E-state index is 0.116. The van der Waals surface area contributed by atoms with E-state index in [1.54, 1.807) is 6.07 Å². The van der Waals surface area contributed by atoms with Gasteiger partial charge in [-0.2, -0.15) is 0 Å². The fraction of sp³-hybridized carbons (Fsp3) is 0.0714. The van der Waals surface area contributed by atoms with Gasteiger partial charge in [-0.3, -0.25) is 4.79 Å². The lowest BCUT2D eigenvalue weighted by atomic mass is 10.3. The fourth-order valence-electron chi connectivity index (χ4n) is 1.81. The van der Waals surface area contributed by atoms with E-state index in [1.165, 1.54) is 17.4 Å². The molecule has 0 atom stereocenters. The Labute approximate surface area is 134 Å². The van der Waals surface area contributed by atoms with Crippen molar-refractivity contribution < 1.29 is 4.79 Å². The van der Waals surface area contributed by atoms with Gasteiger partial charge in [0.15, 0.2) is 0 Å². The zero-order chi connectivity index (χ0) is 14.8. The summed E-state index contributed by atoms with van der Waals surface area (Å²) in [6.07, 6.45) is 0. The van der Waals surface area contributed by atoms with Crippen molar-refractivity contribution in [3.63, 3.8) is 0 Å². The summed E-state index contributed by atoms with van der Waals surface area (Å²) in [7, 11) is 0. The molecule has 0 fully saturated rings. The molecule has 2 heterocycles. The van der Waals surface area contributed by atoms with E-state index in [2.05, 4.69) is 15.3 Å². The number of nitrogens with zero attached hydrogens (tertiary/aromatic N) is 2. The largest absolute Gasteiger partial charge is 0.344 e. The van der Waals surface area contributed by atoms with Gasteiger partial charge in [0, 0.05) is 0 Å². The Hall–Kier alpha value is -1.69. The number of carbonyl (C=O) groups excluding carboxylic acids is 1. The van der Waals surface area contributed by atoms with Gasteiger partial charge in [0.1, 0.15) is 15.9 Å². The highest BCUT2D eigenvalue weighted by molar-refractivity contribution is 7.18. The smallest absolute Gasteiger partial charge is 0.271 e. The Morgan fingerprint density at radius 3 is 2.76 bits per heavy atom. The number of fused-ring (bicyclic) bond motifs is 1. The van der Waals surface area contributed by atoms with Crippen LogP contribution in [0.1, 0.15) is 15.5 Å². The van der Waals surface area contributed by atoms with Gasteiger partial charge in [-0.25, -0.2) is 9.97 Å². The zero-order valence-corrected chi connectivity index (χ0v) is 13.0. The van der Waals surface area contributed by atoms with Gasteiger partial charge in [0.2, 0.25) is 0 Å². The number of halogens is 2. The van der Waals surface area contributed by atoms with Crippen molar-refractivity contribution >= 4 is 50.7 Å². The summed E-state index contributed by atoms with van der Waals surface area (Å²) in [6, 6.07) is 10.9. The maximum Gasteiger partial charge on any atom is 0.271 e. The normalized spacial score (nSPS) is 10.8. The number of carbonyl (C=O) groups is 1. The first-order chi connectivity index (χ1) is 10.1. The second-order valence-corrected chi connectivity index (χ2v) is 6.13. The van der Waals surface area contributed by atoms with Gasteiger partial charge in [-0.15, -0.1) is 11.3 Å². The Morgan fingerprint density at radius 2 is 1.95 bits per heavy atom. The average Bonchev–Trinajstić information content (AvgIpc) is 2.90. The van der Waals surface area contributed by atoms with Gasteiger partial charge < -0.3 is 5.32 Å². The minimum Gasteiger partial charge on any atom is -0.344 e. The number of para-hydroxylation sites is 1. The summed E-state index contributed by atoms with van der Waals surface area (Å²) in [6.45, 7) is 0.322. The fourth-order valence-corrected chi connectivity index (χ4v) is 3.06. The van der Waals surface area contributed by atoms with Gasteiger partial charge in [0.25, 0.3) is 5.91 Å². The molecule has 0 saturated carbocycles. The van der Waals surface area contributed by atoms with E-state index in [1.807, 2.05) is 24.3 Å². The molecule has 0 radical (unpaired) electrons. The van der Waals surface area contributed by atoms with E-state index in [-0.39, 0.29) is 21.8 Å². The Kier molecular flexibility index (Phi) is 4.05. The summed E-state index contributed by atoms with van der Waals surface area (Å²) in [5, 5.41) is 4.06. The van der Waals surface area contributed by atoms with Crippen LogP contribution >= 0.6 is 34.5 Å². The topological polar surface area (TPSA) is 54.9 Å². The van der Waals surface area contributed by atoms with Crippen LogP contribution in [0.3, 0.4) is 0 Å². The Balaban J connectivity index is 1.74. The van der Waals surface area contributed by atoms with Crippen LogP contribution in [0, 0.1) is 0 Å². The zero-order valence-electron chi connectivity index (χ0n) is 10.6. The third kappa shape index (κ3) is 3.15. The summed E-state index contributed by atoms with van der Waals surface area (Å²) in [4.78, 5) is 20.4. The quantitative estimate of drug-likeness (QED) is 0.736. The number of amides is 1. The van der Waals surface area contributed by atoms with Crippen LogP contribution in [0.2, 0.25) is 10.2 Å². The van der Waals surface area contributed by atoms with Crippen LogP contribution in [0.15, 0.2) is 36.4 Å². The molecule has 0 aliphatic carbocycles. The van der Waals surface area contributed by atoms with Crippen LogP contribution < -0.4 is 5.32 Å². The molecule has 2 aromatic heterocycles. The first-order valence-electron chi connectivity index (χ1n) is 6.08. The second kappa shape index (κ2) is 5.97. The molecule has 0 saturated heterocycles. The molecule has 106 valence electrons. The molecule has 4 nitrogen and oxygen atoms in total. The molecule has 3 rings (SSSR count). The second-order valence-electron chi connectivity index (χ2n) is 4.22. The van der Waals surface area contributed by atoms with Gasteiger partial charge in [0.05, 0.1) is 21.8 Å². The standard InChI is InChI=1S/C14H9Cl2N3OS/c15-8-5-6-11(16)19-13(8)14(20)17-7-12-18-9-3-1-2-4-10(9)21-12/h1-6H,7H2,(H,17,20). The van der Waals surface area contributed by atoms with Crippen molar-refractivity contribution in [3.8, 4) is 0 Å². The molecule has 0 bridgehead atoms. The first kappa shape index (κ1) is 14.3. The lowest BCUT2D eigenvalue weighted by molar-refractivity contribution is 0.0946. The predicted molar refractivity (Wildman–Crippen MR) is 85.0 cm³/mol. The third-order valence-electron chi connectivity index (χ3n) is 2.77. The monoisotopic (exact) mass is 337 g/mol. The highest BCUT2D eigenvalue weighted by atomic mass is 35.5. The summed E-state index contributed by atoms with van der Waals surface area (Å²) >= 11 is 13.3. The minimum atomic E-state index is -0.373. The van der Waals surface area contributed by atoms with E-state index >= 15 is 0 Å². The molecule has 1 N–H and O–H groups in total. The van der Waals surface area contributed by atoms with Crippen molar-refractivity contribution in [2.45, 2.75) is 6.54 Å². The summed E-state index contributed by atoms with van der Waals surface area (Å²) in [5.41, 5.74) is 1.04. The lowest BCUT2D eigenvalue weighted by Gasteiger charge is -2.04. The van der Waals surface area contributed by atoms with E-state index in [9.17, 15) is 4.79 Å². The van der Waals surface area contributed by atoms with Crippen molar-refractivity contribution in [3.05, 3.63) is 57.3 Å². The number of hydrogen-bond donors (Lipinski definition) is 1. The maximum atomic E-state index is 12.1. The van der Waals surface area contributed by atoms with Gasteiger partial charge in [-0.05, 0) is 24.3 Å². The predicted octanol–water partition coefficient (Wildman–Crippen LogP) is 3.93. The van der Waals surface area contributed by atoms with E-state index < -0.39 is 0 Å². The molecular weight excluding hydrogens is 329 g/mol. The molecule has 3 aromatic rings. The molecule has 0 aliphatic heterocycles. The molecule has 7 heteroatoms. The molecule has 0 spiro atoms. The molecule has 21 heavy (non-hydrogen) atoms. The van der Waals surface area contributed by atoms with Crippen LogP contribution in [-0.4, -0.2) is 15.9 Å². The number of thiazole rings is 1. The van der Waals surface area contributed by atoms with Crippen LogP contribution in [0.5, 0.6) is 0 Å². The van der Waals surface area contributed by atoms with Gasteiger partial charge >= 0.3 is 0 Å². The highest BCUT2D eigenvalue weighted by Gasteiger charge is 2.13. The molecular formula is C14H9Cl2N3OS. The number of aromatic nitrogens is 2. The van der Waals surface area contributed by atoms with E-state index in [0.717, 1.165) is 15.2 Å². The lowest BCUT2D eigenvalue weighted by Crippen LogP contribution is -2.24. The van der Waals surface area contributed by atoms with Crippen molar-refractivity contribution in [1.82, 2.24) is 15.3 Å². The highest BCUT2D eigenvalue weighted by Crippen LogP contribution is 2.21. The van der Waals surface area contributed by atoms with Crippen molar-refractivity contribution in [2.24, 2.45) is 0 Å². The Bertz CT molecular complexity index is 786. The maximum absolute atomic E-state index is 12.1. The van der Waals surface area contributed by atoms with E-state index in [0.29, 0.717) is 6.54 Å².